The van der Waals surface area contributed by atoms with Gasteiger partial charge in [0, 0.05) is 5.56 Å². The van der Waals surface area contributed by atoms with Gasteiger partial charge in [-0.2, -0.15) is 5.10 Å². The van der Waals surface area contributed by atoms with Crippen LogP contribution >= 0.6 is 11.8 Å². The Morgan fingerprint density at radius 2 is 2.29 bits per heavy atom. The van der Waals surface area contributed by atoms with E-state index >= 15 is 0 Å². The first-order valence-electron chi connectivity index (χ1n) is 6.85. The fourth-order valence-electron chi connectivity index (χ4n) is 2.32. The van der Waals surface area contributed by atoms with Crippen molar-refractivity contribution in [2.75, 3.05) is 11.1 Å². The van der Waals surface area contributed by atoms with Crippen LogP contribution < -0.4 is 10.1 Å². The lowest BCUT2D eigenvalue weighted by molar-refractivity contribution is -0.113. The van der Waals surface area contributed by atoms with Gasteiger partial charge in [-0.15, -0.1) is 11.8 Å². The quantitative estimate of drug-likeness (QED) is 0.915. The number of nitrogens with zero attached hydrogens (tertiary/aromatic N) is 1. The lowest BCUT2D eigenvalue weighted by atomic mass is 10.1. The number of H-pyrrole nitrogens is 1. The second-order valence-corrected chi connectivity index (χ2v) is 6.27. The summed E-state index contributed by atoms with van der Waals surface area (Å²) in [5.74, 6) is 1.94. The SMILES string of the molecule is CC(C)Oc1cccc(C2SCC(=O)Nc3[nH]ncc32)c1. The number of aromatic amines is 1. The van der Waals surface area contributed by atoms with Crippen LogP contribution in [0.15, 0.2) is 30.5 Å². The van der Waals surface area contributed by atoms with Crippen LogP contribution in [0, 0.1) is 0 Å². The largest absolute Gasteiger partial charge is 0.491 e. The standard InChI is InChI=1S/C15H17N3O2S/c1-9(2)20-11-5-3-4-10(6-11)14-12-7-16-18-15(12)17-13(19)8-21-14/h3-7,9,14H,8H2,1-2H3,(H2,16,17,18,19). The number of hydrogen-bond acceptors (Lipinski definition) is 4. The summed E-state index contributed by atoms with van der Waals surface area (Å²) in [6.45, 7) is 4.01. The maximum absolute atomic E-state index is 11.7. The van der Waals surface area contributed by atoms with Crippen molar-refractivity contribution in [3.05, 3.63) is 41.6 Å². The van der Waals surface area contributed by atoms with Crippen molar-refractivity contribution in [2.45, 2.75) is 25.2 Å². The summed E-state index contributed by atoms with van der Waals surface area (Å²) in [7, 11) is 0. The van der Waals surface area contributed by atoms with Crippen molar-refractivity contribution in [1.82, 2.24) is 10.2 Å². The highest BCUT2D eigenvalue weighted by atomic mass is 32.2. The summed E-state index contributed by atoms with van der Waals surface area (Å²) >= 11 is 1.59. The van der Waals surface area contributed by atoms with Gasteiger partial charge >= 0.3 is 0 Å². The zero-order valence-electron chi connectivity index (χ0n) is 11.9. The zero-order chi connectivity index (χ0) is 14.8. The Kier molecular flexibility index (Phi) is 3.88. The van der Waals surface area contributed by atoms with Gasteiger partial charge in [-0.25, -0.2) is 0 Å². The predicted molar refractivity (Wildman–Crippen MR) is 83.7 cm³/mol. The van der Waals surface area contributed by atoms with E-state index in [0.717, 1.165) is 16.9 Å². The van der Waals surface area contributed by atoms with Crippen molar-refractivity contribution >= 4 is 23.5 Å². The molecule has 1 aromatic heterocycles. The number of hydrogen-bond donors (Lipinski definition) is 2. The predicted octanol–water partition coefficient (Wildman–Crippen LogP) is 2.97. The first-order chi connectivity index (χ1) is 10.1. The van der Waals surface area contributed by atoms with Gasteiger partial charge < -0.3 is 10.1 Å². The molecular formula is C15H17N3O2S. The molecule has 1 unspecified atom stereocenters. The van der Waals surface area contributed by atoms with Crippen molar-refractivity contribution in [3.8, 4) is 5.75 Å². The topological polar surface area (TPSA) is 67.0 Å². The molecule has 1 aliphatic heterocycles. The third kappa shape index (κ3) is 3.05. The van der Waals surface area contributed by atoms with Crippen molar-refractivity contribution in [1.29, 1.82) is 0 Å². The minimum absolute atomic E-state index is 0.0115. The van der Waals surface area contributed by atoms with E-state index in [0.29, 0.717) is 11.6 Å². The molecule has 0 spiro atoms. The van der Waals surface area contributed by atoms with Crippen LogP contribution in [0.5, 0.6) is 5.75 Å². The van der Waals surface area contributed by atoms with Crippen molar-refractivity contribution in [3.63, 3.8) is 0 Å². The molecule has 3 rings (SSSR count). The molecule has 21 heavy (non-hydrogen) atoms. The number of thioether (sulfide) groups is 1. The average Bonchev–Trinajstić information content (AvgIpc) is 2.81. The summed E-state index contributed by atoms with van der Waals surface area (Å²) < 4.78 is 5.75. The van der Waals surface area contributed by atoms with Gasteiger partial charge in [-0.05, 0) is 31.5 Å². The summed E-state index contributed by atoms with van der Waals surface area (Å²) in [6, 6.07) is 8.01. The molecule has 0 saturated heterocycles. The third-order valence-corrected chi connectivity index (χ3v) is 4.42. The minimum atomic E-state index is -0.0115. The van der Waals surface area contributed by atoms with Gasteiger partial charge in [0.25, 0.3) is 0 Å². The number of rotatable bonds is 3. The highest BCUT2D eigenvalue weighted by Crippen LogP contribution is 2.41. The zero-order valence-corrected chi connectivity index (χ0v) is 12.7. The molecule has 1 atom stereocenters. The molecule has 2 heterocycles. The fraction of sp³-hybridized carbons (Fsp3) is 0.333. The van der Waals surface area contributed by atoms with Crippen LogP contribution in [0.1, 0.15) is 30.2 Å². The van der Waals surface area contributed by atoms with E-state index in [9.17, 15) is 4.79 Å². The van der Waals surface area contributed by atoms with E-state index in [1.54, 1.807) is 18.0 Å². The van der Waals surface area contributed by atoms with Crippen molar-refractivity contribution in [2.24, 2.45) is 0 Å². The van der Waals surface area contributed by atoms with Crippen LogP contribution in [0.2, 0.25) is 0 Å². The Morgan fingerprint density at radius 1 is 1.43 bits per heavy atom. The molecule has 1 aliphatic rings. The van der Waals surface area contributed by atoms with Crippen LogP contribution in [-0.4, -0.2) is 28.0 Å². The number of ether oxygens (including phenoxy) is 1. The van der Waals surface area contributed by atoms with Gasteiger partial charge in [0.15, 0.2) is 0 Å². The van der Waals surface area contributed by atoms with Gasteiger partial charge in [0.2, 0.25) is 5.91 Å². The highest BCUT2D eigenvalue weighted by Gasteiger charge is 2.25. The highest BCUT2D eigenvalue weighted by molar-refractivity contribution is 8.00. The molecule has 1 amide bonds. The second kappa shape index (κ2) is 5.81. The number of amides is 1. The molecule has 0 fully saturated rings. The Morgan fingerprint density at radius 3 is 3.10 bits per heavy atom. The third-order valence-electron chi connectivity index (χ3n) is 3.13. The maximum atomic E-state index is 11.7. The molecular weight excluding hydrogens is 286 g/mol. The first kappa shape index (κ1) is 14.0. The summed E-state index contributed by atoms with van der Waals surface area (Å²) in [6.07, 6.45) is 1.91. The minimum Gasteiger partial charge on any atom is -0.491 e. The number of benzene rings is 1. The number of nitrogens with one attached hydrogen (secondary N) is 2. The van der Waals surface area contributed by atoms with Gasteiger partial charge in [-0.1, -0.05) is 12.1 Å². The Bertz CT molecular complexity index is 654. The van der Waals surface area contributed by atoms with Gasteiger partial charge in [0.05, 0.1) is 23.3 Å². The number of anilines is 1. The van der Waals surface area contributed by atoms with Gasteiger partial charge in [-0.3, -0.25) is 9.89 Å². The van der Waals surface area contributed by atoms with Crippen LogP contribution in [0.25, 0.3) is 0 Å². The number of carbonyl (C=O) groups excluding carboxylic acids is 1. The average molecular weight is 303 g/mol. The van der Waals surface area contributed by atoms with Crippen LogP contribution in [-0.2, 0) is 4.79 Å². The van der Waals surface area contributed by atoms with E-state index in [1.807, 2.05) is 32.0 Å². The monoisotopic (exact) mass is 303 g/mol. The van der Waals surface area contributed by atoms with Gasteiger partial charge in [0.1, 0.15) is 11.6 Å². The smallest absolute Gasteiger partial charge is 0.235 e. The molecule has 0 radical (unpaired) electrons. The first-order valence-corrected chi connectivity index (χ1v) is 7.89. The molecule has 0 bridgehead atoms. The lowest BCUT2D eigenvalue weighted by Crippen LogP contribution is -2.12. The van der Waals surface area contributed by atoms with Crippen LogP contribution in [0.4, 0.5) is 5.82 Å². The van der Waals surface area contributed by atoms with E-state index in [2.05, 4.69) is 21.6 Å². The van der Waals surface area contributed by atoms with E-state index in [4.69, 9.17) is 4.74 Å². The summed E-state index contributed by atoms with van der Waals surface area (Å²) in [5, 5.41) is 9.79. The van der Waals surface area contributed by atoms with E-state index in [1.165, 1.54) is 0 Å². The Labute approximate surface area is 127 Å². The van der Waals surface area contributed by atoms with Crippen molar-refractivity contribution < 1.29 is 9.53 Å². The fourth-order valence-corrected chi connectivity index (χ4v) is 3.41. The molecule has 1 aromatic carbocycles. The molecule has 0 aliphatic carbocycles. The van der Waals surface area contributed by atoms with Crippen LogP contribution in [0.3, 0.4) is 0 Å². The Balaban J connectivity index is 1.95. The number of fused-ring (bicyclic) bond motifs is 1. The van der Waals surface area contributed by atoms with E-state index < -0.39 is 0 Å². The van der Waals surface area contributed by atoms with E-state index in [-0.39, 0.29) is 17.3 Å². The summed E-state index contributed by atoms with van der Waals surface area (Å²) in [5.41, 5.74) is 2.10. The molecule has 2 N–H and O–H groups in total. The Hall–Kier alpha value is -1.95. The number of carbonyl (C=O) groups is 1. The summed E-state index contributed by atoms with van der Waals surface area (Å²) in [4.78, 5) is 11.7. The molecule has 5 nitrogen and oxygen atoms in total. The molecule has 6 heteroatoms. The second-order valence-electron chi connectivity index (χ2n) is 5.18. The lowest BCUT2D eigenvalue weighted by Gasteiger charge is -2.16. The maximum Gasteiger partial charge on any atom is 0.235 e. The molecule has 0 saturated carbocycles. The molecule has 2 aromatic rings. The number of aromatic nitrogens is 2. The normalized spacial score (nSPS) is 18.0. The molecule has 110 valence electrons.